The van der Waals surface area contributed by atoms with Crippen molar-refractivity contribution in [1.82, 2.24) is 4.90 Å². The second-order valence-electron chi connectivity index (χ2n) is 5.51. The highest BCUT2D eigenvalue weighted by atomic mass is 16.5. The van der Waals surface area contributed by atoms with Crippen LogP contribution in [0.2, 0.25) is 0 Å². The lowest BCUT2D eigenvalue weighted by atomic mass is 10.0. The molecule has 0 bridgehead atoms. The molecule has 0 aromatic heterocycles. The number of benzene rings is 1. The molecule has 1 heterocycles. The Morgan fingerprint density at radius 1 is 1.21 bits per heavy atom. The molecule has 0 unspecified atom stereocenters. The molecule has 106 valence electrons. The van der Waals surface area contributed by atoms with E-state index in [-0.39, 0.29) is 0 Å². The van der Waals surface area contributed by atoms with E-state index in [9.17, 15) is 0 Å². The Morgan fingerprint density at radius 3 is 2.37 bits per heavy atom. The molecule has 1 N–H and O–H groups in total. The number of hydrogen-bond acceptors (Lipinski definition) is 3. The molecule has 3 heteroatoms. The third kappa shape index (κ3) is 4.13. The van der Waals surface area contributed by atoms with Crippen LogP contribution in [-0.2, 0) is 0 Å². The topological polar surface area (TPSA) is 24.5 Å². The van der Waals surface area contributed by atoms with Gasteiger partial charge in [-0.1, -0.05) is 0 Å². The minimum atomic E-state index is 0.605. The molecule has 1 aromatic rings. The largest absolute Gasteiger partial charge is 0.494 e. The number of ether oxygens (including phenoxy) is 1. The van der Waals surface area contributed by atoms with Crippen molar-refractivity contribution >= 4 is 5.69 Å². The first kappa shape index (κ1) is 14.2. The van der Waals surface area contributed by atoms with Crippen LogP contribution in [0.4, 0.5) is 5.69 Å². The van der Waals surface area contributed by atoms with E-state index in [4.69, 9.17) is 4.74 Å². The first-order chi connectivity index (χ1) is 9.19. The van der Waals surface area contributed by atoms with Crippen molar-refractivity contribution in [2.75, 3.05) is 25.0 Å². The minimum Gasteiger partial charge on any atom is -0.494 e. The van der Waals surface area contributed by atoms with Gasteiger partial charge in [0, 0.05) is 30.9 Å². The first-order valence-electron chi connectivity index (χ1n) is 7.42. The average molecular weight is 262 g/mol. The quantitative estimate of drug-likeness (QED) is 0.880. The van der Waals surface area contributed by atoms with Gasteiger partial charge in [-0.2, -0.15) is 0 Å². The van der Waals surface area contributed by atoms with Crippen molar-refractivity contribution in [3.63, 3.8) is 0 Å². The normalized spacial score (nSPS) is 17.7. The number of nitrogens with one attached hydrogen (secondary N) is 1. The molecule has 0 saturated carbocycles. The van der Waals surface area contributed by atoms with Crippen LogP contribution >= 0.6 is 0 Å². The molecule has 1 fully saturated rings. The fraction of sp³-hybridized carbons (Fsp3) is 0.625. The molecule has 1 saturated heterocycles. The zero-order chi connectivity index (χ0) is 13.7. The Morgan fingerprint density at radius 2 is 1.84 bits per heavy atom. The highest BCUT2D eigenvalue weighted by Crippen LogP contribution is 2.20. The summed E-state index contributed by atoms with van der Waals surface area (Å²) >= 11 is 0. The minimum absolute atomic E-state index is 0.605. The first-order valence-corrected chi connectivity index (χ1v) is 7.42. The van der Waals surface area contributed by atoms with Crippen LogP contribution in [0.5, 0.6) is 5.75 Å². The van der Waals surface area contributed by atoms with E-state index in [1.165, 1.54) is 31.6 Å². The van der Waals surface area contributed by atoms with E-state index in [0.29, 0.717) is 12.1 Å². The molecule has 0 amide bonds. The summed E-state index contributed by atoms with van der Waals surface area (Å²) in [6.45, 7) is 9.69. The van der Waals surface area contributed by atoms with Gasteiger partial charge < -0.3 is 15.0 Å². The van der Waals surface area contributed by atoms with Gasteiger partial charge in [0.2, 0.25) is 0 Å². The molecule has 1 aromatic carbocycles. The maximum atomic E-state index is 5.46. The van der Waals surface area contributed by atoms with Gasteiger partial charge in [0.1, 0.15) is 5.75 Å². The SMILES string of the molecule is CCOc1ccc(NC2CCN(C(C)C)CC2)cc1. The Labute approximate surface area is 116 Å². The zero-order valence-corrected chi connectivity index (χ0v) is 12.4. The van der Waals surface area contributed by atoms with Crippen molar-refractivity contribution in [2.45, 2.75) is 45.7 Å². The predicted molar refractivity (Wildman–Crippen MR) is 81.0 cm³/mol. The van der Waals surface area contributed by atoms with Crippen molar-refractivity contribution in [2.24, 2.45) is 0 Å². The van der Waals surface area contributed by atoms with Gasteiger partial charge in [0.25, 0.3) is 0 Å². The van der Waals surface area contributed by atoms with Crippen molar-refractivity contribution in [1.29, 1.82) is 0 Å². The second-order valence-corrected chi connectivity index (χ2v) is 5.51. The Balaban J connectivity index is 1.82. The van der Waals surface area contributed by atoms with E-state index in [0.717, 1.165) is 12.4 Å². The van der Waals surface area contributed by atoms with Gasteiger partial charge in [-0.25, -0.2) is 0 Å². The summed E-state index contributed by atoms with van der Waals surface area (Å²) in [4.78, 5) is 2.55. The molecule has 1 aliphatic rings. The molecule has 0 radical (unpaired) electrons. The molecule has 0 atom stereocenters. The molecular formula is C16H26N2O. The van der Waals surface area contributed by atoms with Crippen LogP contribution < -0.4 is 10.1 Å². The van der Waals surface area contributed by atoms with Gasteiger partial charge in [0.05, 0.1) is 6.61 Å². The number of anilines is 1. The highest BCUT2D eigenvalue weighted by molar-refractivity contribution is 5.47. The van der Waals surface area contributed by atoms with Gasteiger partial charge in [-0.15, -0.1) is 0 Å². The lowest BCUT2D eigenvalue weighted by molar-refractivity contribution is 0.177. The van der Waals surface area contributed by atoms with Crippen LogP contribution in [0.25, 0.3) is 0 Å². The number of rotatable bonds is 5. The summed E-state index contributed by atoms with van der Waals surface area (Å²) < 4.78 is 5.46. The molecule has 3 nitrogen and oxygen atoms in total. The van der Waals surface area contributed by atoms with Gasteiger partial charge in [-0.3, -0.25) is 0 Å². The van der Waals surface area contributed by atoms with E-state index < -0.39 is 0 Å². The highest BCUT2D eigenvalue weighted by Gasteiger charge is 2.20. The molecule has 19 heavy (non-hydrogen) atoms. The van der Waals surface area contributed by atoms with Crippen LogP contribution in [0, 0.1) is 0 Å². The molecule has 1 aliphatic heterocycles. The summed E-state index contributed by atoms with van der Waals surface area (Å²) in [5, 5.41) is 3.63. The Kier molecular flexibility index (Phi) is 5.08. The van der Waals surface area contributed by atoms with Gasteiger partial charge >= 0.3 is 0 Å². The molecular weight excluding hydrogens is 236 g/mol. The van der Waals surface area contributed by atoms with Crippen LogP contribution in [-0.4, -0.2) is 36.7 Å². The average Bonchev–Trinajstić information content (AvgIpc) is 2.42. The molecule has 0 aliphatic carbocycles. The summed E-state index contributed by atoms with van der Waals surface area (Å²) in [6.07, 6.45) is 2.46. The number of piperidine rings is 1. The van der Waals surface area contributed by atoms with E-state index in [2.05, 4.69) is 36.2 Å². The zero-order valence-electron chi connectivity index (χ0n) is 12.4. The summed E-state index contributed by atoms with van der Waals surface area (Å²) in [5.41, 5.74) is 1.20. The number of likely N-dealkylation sites (tertiary alicyclic amines) is 1. The predicted octanol–water partition coefficient (Wildman–Crippen LogP) is 3.37. The maximum Gasteiger partial charge on any atom is 0.119 e. The van der Waals surface area contributed by atoms with Crippen LogP contribution in [0.3, 0.4) is 0 Å². The lowest BCUT2D eigenvalue weighted by Crippen LogP contribution is -2.42. The Bertz CT molecular complexity index is 367. The maximum absolute atomic E-state index is 5.46. The summed E-state index contributed by atoms with van der Waals surface area (Å²) in [5.74, 6) is 0.947. The number of hydrogen-bond donors (Lipinski definition) is 1. The summed E-state index contributed by atoms with van der Waals surface area (Å²) in [6, 6.07) is 9.57. The van der Waals surface area contributed by atoms with Gasteiger partial charge in [-0.05, 0) is 57.9 Å². The monoisotopic (exact) mass is 262 g/mol. The smallest absolute Gasteiger partial charge is 0.119 e. The Hall–Kier alpha value is -1.22. The van der Waals surface area contributed by atoms with Crippen LogP contribution in [0.15, 0.2) is 24.3 Å². The number of nitrogens with zero attached hydrogens (tertiary/aromatic N) is 1. The van der Waals surface area contributed by atoms with Crippen LogP contribution in [0.1, 0.15) is 33.6 Å². The van der Waals surface area contributed by atoms with Crippen molar-refractivity contribution in [3.8, 4) is 5.75 Å². The standard InChI is InChI=1S/C16H26N2O/c1-4-19-16-7-5-14(6-8-16)17-15-9-11-18(12-10-15)13(2)3/h5-8,13,15,17H,4,9-12H2,1-3H3. The second kappa shape index (κ2) is 6.80. The molecule has 2 rings (SSSR count). The van der Waals surface area contributed by atoms with Crippen molar-refractivity contribution < 1.29 is 4.74 Å². The summed E-state index contributed by atoms with van der Waals surface area (Å²) in [7, 11) is 0. The van der Waals surface area contributed by atoms with E-state index in [1.54, 1.807) is 0 Å². The fourth-order valence-electron chi connectivity index (χ4n) is 2.61. The lowest BCUT2D eigenvalue weighted by Gasteiger charge is -2.35. The third-order valence-electron chi connectivity index (χ3n) is 3.80. The van der Waals surface area contributed by atoms with E-state index in [1.807, 2.05) is 19.1 Å². The van der Waals surface area contributed by atoms with Crippen molar-refractivity contribution in [3.05, 3.63) is 24.3 Å². The molecule has 0 spiro atoms. The fourth-order valence-corrected chi connectivity index (χ4v) is 2.61. The van der Waals surface area contributed by atoms with E-state index >= 15 is 0 Å². The third-order valence-corrected chi connectivity index (χ3v) is 3.80. The van der Waals surface area contributed by atoms with Gasteiger partial charge in [0.15, 0.2) is 0 Å².